The molecule has 0 fully saturated rings. The number of hydrogen-bond donors (Lipinski definition) is 2. The average Bonchev–Trinajstić information content (AvgIpc) is 2.62. The summed E-state index contributed by atoms with van der Waals surface area (Å²) in [5, 5.41) is 16.8. The molecule has 0 aliphatic carbocycles. The smallest absolute Gasteiger partial charge is 0.337 e. The number of methoxy groups -OCH3 is 1. The first kappa shape index (κ1) is 18.6. The average molecular weight is 388 g/mol. The molecule has 0 bridgehead atoms. The first-order valence-corrected chi connectivity index (χ1v) is 9.71. The molecule has 8 nitrogen and oxygen atoms in total. The van der Waals surface area contributed by atoms with Crippen LogP contribution < -0.4 is 10.3 Å². The van der Waals surface area contributed by atoms with E-state index in [0.717, 1.165) is 6.26 Å². The molecule has 27 heavy (non-hydrogen) atoms. The van der Waals surface area contributed by atoms with Crippen LogP contribution in [-0.4, -0.2) is 43.1 Å². The van der Waals surface area contributed by atoms with Crippen LogP contribution in [-0.2, 0) is 16.3 Å². The predicted octanol–water partition coefficient (Wildman–Crippen LogP) is 1.62. The number of ether oxygens (including phenoxy) is 1. The third kappa shape index (κ3) is 3.68. The van der Waals surface area contributed by atoms with Crippen molar-refractivity contribution in [3.8, 4) is 5.75 Å². The van der Waals surface area contributed by atoms with Gasteiger partial charge in [0.05, 0.1) is 28.6 Å². The van der Waals surface area contributed by atoms with Gasteiger partial charge in [-0.1, -0.05) is 6.07 Å². The van der Waals surface area contributed by atoms with E-state index in [1.165, 1.54) is 25.3 Å². The third-order valence-corrected chi connectivity index (χ3v) is 5.28. The van der Waals surface area contributed by atoms with E-state index in [4.69, 9.17) is 4.74 Å². The van der Waals surface area contributed by atoms with Crippen LogP contribution in [0.1, 0.15) is 21.6 Å². The lowest BCUT2D eigenvalue weighted by Gasteiger charge is -2.09. The number of carbonyl (C=O) groups is 1. The number of sulfone groups is 1. The van der Waals surface area contributed by atoms with Crippen molar-refractivity contribution in [2.24, 2.45) is 0 Å². The zero-order valence-corrected chi connectivity index (χ0v) is 15.3. The molecule has 0 aliphatic heterocycles. The summed E-state index contributed by atoms with van der Waals surface area (Å²) in [7, 11) is -2.17. The quantitative estimate of drug-likeness (QED) is 0.680. The Hall–Kier alpha value is -3.20. The number of benzene rings is 2. The van der Waals surface area contributed by atoms with Gasteiger partial charge in [0, 0.05) is 18.1 Å². The van der Waals surface area contributed by atoms with Crippen LogP contribution in [0.5, 0.6) is 5.75 Å². The van der Waals surface area contributed by atoms with E-state index in [1.807, 2.05) is 0 Å². The number of fused-ring (bicyclic) bond motifs is 1. The van der Waals surface area contributed by atoms with Gasteiger partial charge in [-0.05, 0) is 35.9 Å². The highest BCUT2D eigenvalue weighted by atomic mass is 32.2. The van der Waals surface area contributed by atoms with Gasteiger partial charge in [-0.15, -0.1) is 0 Å². The second kappa shape index (κ2) is 6.84. The van der Waals surface area contributed by atoms with E-state index in [-0.39, 0.29) is 22.4 Å². The first-order chi connectivity index (χ1) is 12.7. The van der Waals surface area contributed by atoms with Gasteiger partial charge in [0.15, 0.2) is 9.84 Å². The molecule has 0 saturated heterocycles. The van der Waals surface area contributed by atoms with Crippen LogP contribution in [0.25, 0.3) is 10.8 Å². The third-order valence-electron chi connectivity index (χ3n) is 4.12. The van der Waals surface area contributed by atoms with Crippen molar-refractivity contribution in [3.05, 3.63) is 63.6 Å². The summed E-state index contributed by atoms with van der Waals surface area (Å²) in [4.78, 5) is 23.2. The number of hydrogen-bond acceptors (Lipinski definition) is 6. The fourth-order valence-corrected chi connectivity index (χ4v) is 3.69. The molecule has 0 saturated carbocycles. The molecule has 9 heteroatoms. The molecule has 0 aliphatic rings. The lowest BCUT2D eigenvalue weighted by atomic mass is 10.0. The van der Waals surface area contributed by atoms with Crippen molar-refractivity contribution < 1.29 is 23.1 Å². The molecule has 0 unspecified atom stereocenters. The Kier molecular flexibility index (Phi) is 4.71. The van der Waals surface area contributed by atoms with Gasteiger partial charge < -0.3 is 9.84 Å². The molecule has 0 spiro atoms. The number of nitrogens with zero attached hydrogens (tertiary/aromatic N) is 1. The van der Waals surface area contributed by atoms with Crippen molar-refractivity contribution >= 4 is 26.6 Å². The monoisotopic (exact) mass is 388 g/mol. The van der Waals surface area contributed by atoms with Gasteiger partial charge in [-0.25, -0.2) is 18.3 Å². The Balaban J connectivity index is 2.13. The molecule has 1 heterocycles. The van der Waals surface area contributed by atoms with Crippen LogP contribution in [0, 0.1) is 0 Å². The second-order valence-electron chi connectivity index (χ2n) is 6.00. The summed E-state index contributed by atoms with van der Waals surface area (Å²) in [6.45, 7) is 0. The Bertz CT molecular complexity index is 1210. The largest absolute Gasteiger partial charge is 0.497 e. The fraction of sp³-hybridized carbons (Fsp3) is 0.167. The molecular formula is C18H16N2O6S. The summed E-state index contributed by atoms with van der Waals surface area (Å²) in [6.07, 6.45) is 1.16. The highest BCUT2D eigenvalue weighted by Crippen LogP contribution is 2.24. The topological polar surface area (TPSA) is 126 Å². The molecule has 2 N–H and O–H groups in total. The van der Waals surface area contributed by atoms with Crippen molar-refractivity contribution in [2.45, 2.75) is 11.3 Å². The van der Waals surface area contributed by atoms with E-state index < -0.39 is 15.8 Å². The van der Waals surface area contributed by atoms with Gasteiger partial charge in [0.1, 0.15) is 5.75 Å². The van der Waals surface area contributed by atoms with Gasteiger partial charge in [-0.2, -0.15) is 5.10 Å². The molecule has 2 aromatic carbocycles. The minimum atomic E-state index is -3.68. The van der Waals surface area contributed by atoms with Crippen molar-refractivity contribution in [1.82, 2.24) is 10.2 Å². The van der Waals surface area contributed by atoms with Crippen LogP contribution in [0.3, 0.4) is 0 Å². The molecule has 1 aromatic heterocycles. The van der Waals surface area contributed by atoms with E-state index >= 15 is 0 Å². The standard InChI is InChI=1S/C18H16N2O6S/c1-26-11-4-5-12-13(9-11)15(19-20-17(12)21)8-10-3-6-16(27(2,24)25)14(7-10)18(22)23/h3-7,9H,8H2,1-2H3,(H,20,21)(H,22,23). The van der Waals surface area contributed by atoms with Crippen LogP contribution in [0.4, 0.5) is 0 Å². The minimum absolute atomic E-state index is 0.199. The molecule has 3 rings (SSSR count). The Morgan fingerprint density at radius 3 is 2.56 bits per heavy atom. The van der Waals surface area contributed by atoms with Crippen molar-refractivity contribution in [1.29, 1.82) is 0 Å². The molecule has 0 atom stereocenters. The summed E-state index contributed by atoms with van der Waals surface area (Å²) < 4.78 is 28.7. The maximum Gasteiger partial charge on any atom is 0.337 e. The summed E-state index contributed by atoms with van der Waals surface area (Å²) in [5.74, 6) is -0.784. The van der Waals surface area contributed by atoms with Crippen molar-refractivity contribution in [3.63, 3.8) is 0 Å². The number of aromatic nitrogens is 2. The summed E-state index contributed by atoms with van der Waals surface area (Å²) >= 11 is 0. The lowest BCUT2D eigenvalue weighted by Crippen LogP contribution is -2.12. The normalized spacial score (nSPS) is 11.5. The lowest BCUT2D eigenvalue weighted by molar-refractivity contribution is 0.0692. The van der Waals surface area contributed by atoms with Crippen LogP contribution >= 0.6 is 0 Å². The summed E-state index contributed by atoms with van der Waals surface area (Å²) in [6, 6.07) is 9.05. The highest BCUT2D eigenvalue weighted by molar-refractivity contribution is 7.90. The maximum absolute atomic E-state index is 12.0. The molecule has 0 amide bonds. The minimum Gasteiger partial charge on any atom is -0.497 e. The SMILES string of the molecule is COc1ccc2c(=O)[nH]nc(Cc3ccc(S(C)(=O)=O)c(C(=O)O)c3)c2c1. The van der Waals surface area contributed by atoms with E-state index in [9.17, 15) is 23.1 Å². The van der Waals surface area contributed by atoms with Gasteiger partial charge in [-0.3, -0.25) is 4.79 Å². The van der Waals surface area contributed by atoms with E-state index in [2.05, 4.69) is 10.2 Å². The van der Waals surface area contributed by atoms with Gasteiger partial charge in [0.2, 0.25) is 0 Å². The molecule has 140 valence electrons. The van der Waals surface area contributed by atoms with Crippen LogP contribution in [0.2, 0.25) is 0 Å². The molecule has 3 aromatic rings. The number of aromatic carboxylic acids is 1. The van der Waals surface area contributed by atoms with E-state index in [0.29, 0.717) is 27.8 Å². The Morgan fingerprint density at radius 1 is 1.19 bits per heavy atom. The first-order valence-electron chi connectivity index (χ1n) is 7.82. The zero-order chi connectivity index (χ0) is 19.8. The fourth-order valence-electron chi connectivity index (χ4n) is 2.83. The van der Waals surface area contributed by atoms with Gasteiger partial charge >= 0.3 is 5.97 Å². The molecule has 0 radical (unpaired) electrons. The highest BCUT2D eigenvalue weighted by Gasteiger charge is 2.19. The van der Waals surface area contributed by atoms with E-state index in [1.54, 1.807) is 18.2 Å². The number of carboxylic acid groups (broad SMARTS) is 1. The van der Waals surface area contributed by atoms with Gasteiger partial charge in [0.25, 0.3) is 5.56 Å². The number of H-pyrrole nitrogens is 1. The number of aromatic amines is 1. The Labute approximate surface area is 154 Å². The van der Waals surface area contributed by atoms with Crippen molar-refractivity contribution in [2.75, 3.05) is 13.4 Å². The predicted molar refractivity (Wildman–Crippen MR) is 98.2 cm³/mol. The second-order valence-corrected chi connectivity index (χ2v) is 7.98. The number of rotatable bonds is 5. The molecular weight excluding hydrogens is 372 g/mol. The number of carboxylic acids is 1. The van der Waals surface area contributed by atoms with Crippen LogP contribution in [0.15, 0.2) is 46.1 Å². The maximum atomic E-state index is 12.0. The zero-order valence-electron chi connectivity index (χ0n) is 14.5. The Morgan fingerprint density at radius 2 is 1.93 bits per heavy atom. The summed E-state index contributed by atoms with van der Waals surface area (Å²) in [5.41, 5.74) is 0.395. The number of nitrogens with one attached hydrogen (secondary N) is 1.